The molecule has 2 fully saturated rings. The van der Waals surface area contributed by atoms with E-state index < -0.39 is 0 Å². The summed E-state index contributed by atoms with van der Waals surface area (Å²) in [4.78, 5) is 7.15. The van der Waals surface area contributed by atoms with Crippen molar-refractivity contribution in [1.82, 2.24) is 10.3 Å². The predicted octanol–water partition coefficient (Wildman–Crippen LogP) is 3.38. The average Bonchev–Trinajstić information content (AvgIpc) is 2.88. The third-order valence-electron chi connectivity index (χ3n) is 7.08. The average molecular weight is 387 g/mol. The molecule has 1 aromatic rings. The number of aromatic nitrogens is 1. The quantitative estimate of drug-likeness (QED) is 0.759. The summed E-state index contributed by atoms with van der Waals surface area (Å²) in [5, 5.41) is 3.65. The van der Waals surface area contributed by atoms with E-state index in [1.807, 2.05) is 6.20 Å². The van der Waals surface area contributed by atoms with Crippen molar-refractivity contribution in [3.8, 4) is 0 Å². The Labute approximate surface area is 171 Å². The first-order valence-corrected chi connectivity index (χ1v) is 10.9. The fourth-order valence-corrected chi connectivity index (χ4v) is 3.99. The van der Waals surface area contributed by atoms with Gasteiger partial charge in [-0.3, -0.25) is 0 Å². The lowest BCUT2D eigenvalue weighted by atomic mass is 9.76. The number of piperidine rings is 1. The topological polar surface area (TPSA) is 46.6 Å². The summed E-state index contributed by atoms with van der Waals surface area (Å²) in [7, 11) is -0.345. The summed E-state index contributed by atoms with van der Waals surface area (Å²) in [5.74, 6) is 1.06. The van der Waals surface area contributed by atoms with Crippen LogP contribution >= 0.6 is 0 Å². The summed E-state index contributed by atoms with van der Waals surface area (Å²) >= 11 is 0. The molecule has 0 atom stereocenters. The van der Waals surface area contributed by atoms with E-state index >= 15 is 0 Å². The third kappa shape index (κ3) is 4.39. The van der Waals surface area contributed by atoms with Gasteiger partial charge in [-0.05, 0) is 58.4 Å². The molecule has 0 amide bonds. The molecule has 0 unspecified atom stereocenters. The Bertz CT molecular complexity index is 636. The molecular formula is C22H38BN3O2. The number of anilines is 1. The first kappa shape index (κ1) is 21.6. The van der Waals surface area contributed by atoms with Gasteiger partial charge in [0.15, 0.2) is 0 Å². The highest BCUT2D eigenvalue weighted by Crippen LogP contribution is 2.37. The molecule has 3 heterocycles. The maximum Gasteiger partial charge on any atom is 0.496 e. The van der Waals surface area contributed by atoms with Crippen molar-refractivity contribution >= 4 is 18.4 Å². The lowest BCUT2D eigenvalue weighted by molar-refractivity contribution is 0.00578. The molecule has 0 bridgehead atoms. The van der Waals surface area contributed by atoms with Crippen molar-refractivity contribution < 1.29 is 9.31 Å². The number of rotatable bonds is 6. The van der Waals surface area contributed by atoms with Crippen LogP contribution in [0, 0.1) is 5.41 Å². The molecule has 0 aliphatic carbocycles. The van der Waals surface area contributed by atoms with Gasteiger partial charge in [0.05, 0.1) is 11.2 Å². The molecule has 1 N–H and O–H groups in total. The van der Waals surface area contributed by atoms with Gasteiger partial charge < -0.3 is 19.5 Å². The van der Waals surface area contributed by atoms with Gasteiger partial charge >= 0.3 is 7.12 Å². The Balaban J connectivity index is 1.61. The highest BCUT2D eigenvalue weighted by atomic mass is 16.7. The van der Waals surface area contributed by atoms with Crippen LogP contribution in [-0.2, 0) is 9.31 Å². The molecule has 2 saturated heterocycles. The zero-order valence-electron chi connectivity index (χ0n) is 18.8. The zero-order valence-corrected chi connectivity index (χ0v) is 18.8. The Morgan fingerprint density at radius 2 is 1.71 bits per heavy atom. The van der Waals surface area contributed by atoms with Gasteiger partial charge in [-0.15, -0.1) is 0 Å². The number of nitrogens with zero attached hydrogens (tertiary/aromatic N) is 2. The van der Waals surface area contributed by atoms with Crippen LogP contribution in [0.2, 0.25) is 0 Å². The van der Waals surface area contributed by atoms with E-state index in [9.17, 15) is 0 Å². The molecule has 156 valence electrons. The minimum absolute atomic E-state index is 0.323. The van der Waals surface area contributed by atoms with E-state index in [0.717, 1.165) is 30.9 Å². The SMILES string of the molecule is CCC1(CNC(C)C)CCN(c2ccc(B3OC(C)(C)C(C)(C)O3)cn2)CC1. The van der Waals surface area contributed by atoms with Gasteiger partial charge in [0.1, 0.15) is 5.82 Å². The van der Waals surface area contributed by atoms with Crippen LogP contribution in [0.3, 0.4) is 0 Å². The lowest BCUT2D eigenvalue weighted by Crippen LogP contribution is -2.46. The molecule has 2 aliphatic heterocycles. The molecule has 3 rings (SSSR count). The monoisotopic (exact) mass is 387 g/mol. The van der Waals surface area contributed by atoms with Crippen molar-refractivity contribution in [1.29, 1.82) is 0 Å². The number of nitrogens with one attached hydrogen (secondary N) is 1. The van der Waals surface area contributed by atoms with Crippen LogP contribution in [0.1, 0.15) is 67.7 Å². The number of pyridine rings is 1. The van der Waals surface area contributed by atoms with Crippen LogP contribution in [0.5, 0.6) is 0 Å². The van der Waals surface area contributed by atoms with E-state index in [1.165, 1.54) is 19.3 Å². The largest absolute Gasteiger partial charge is 0.496 e. The fraction of sp³-hybridized carbons (Fsp3) is 0.773. The molecule has 5 nitrogen and oxygen atoms in total. The molecule has 2 aliphatic rings. The minimum Gasteiger partial charge on any atom is -0.399 e. The summed E-state index contributed by atoms with van der Waals surface area (Å²) in [6.45, 7) is 18.3. The Morgan fingerprint density at radius 1 is 1.11 bits per heavy atom. The Hall–Kier alpha value is -1.11. The highest BCUT2D eigenvalue weighted by Gasteiger charge is 2.51. The van der Waals surface area contributed by atoms with Gasteiger partial charge in [0, 0.05) is 37.3 Å². The Kier molecular flexibility index (Phi) is 6.14. The summed E-state index contributed by atoms with van der Waals surface area (Å²) < 4.78 is 12.3. The lowest BCUT2D eigenvalue weighted by Gasteiger charge is -2.42. The van der Waals surface area contributed by atoms with Crippen LogP contribution < -0.4 is 15.7 Å². The molecule has 0 radical (unpaired) electrons. The molecule has 0 spiro atoms. The van der Waals surface area contributed by atoms with E-state index in [4.69, 9.17) is 14.3 Å². The highest BCUT2D eigenvalue weighted by molar-refractivity contribution is 6.62. The first-order chi connectivity index (χ1) is 13.1. The van der Waals surface area contributed by atoms with E-state index in [1.54, 1.807) is 0 Å². The van der Waals surface area contributed by atoms with Crippen molar-refractivity contribution in [2.45, 2.75) is 85.0 Å². The second-order valence-corrected chi connectivity index (χ2v) is 9.91. The second kappa shape index (κ2) is 7.96. The van der Waals surface area contributed by atoms with Crippen molar-refractivity contribution in [2.24, 2.45) is 5.41 Å². The number of hydrogen-bond donors (Lipinski definition) is 1. The van der Waals surface area contributed by atoms with Crippen molar-refractivity contribution in [2.75, 3.05) is 24.5 Å². The van der Waals surface area contributed by atoms with E-state index in [2.05, 4.69) is 70.8 Å². The summed E-state index contributed by atoms with van der Waals surface area (Å²) in [6, 6.07) is 4.77. The summed E-state index contributed by atoms with van der Waals surface area (Å²) in [5.41, 5.74) is 0.764. The predicted molar refractivity (Wildman–Crippen MR) is 117 cm³/mol. The van der Waals surface area contributed by atoms with Crippen LogP contribution in [0.4, 0.5) is 5.82 Å². The van der Waals surface area contributed by atoms with Gasteiger partial charge in [0.2, 0.25) is 0 Å². The van der Waals surface area contributed by atoms with Crippen molar-refractivity contribution in [3.05, 3.63) is 18.3 Å². The van der Waals surface area contributed by atoms with E-state index in [0.29, 0.717) is 11.5 Å². The smallest absolute Gasteiger partial charge is 0.399 e. The maximum atomic E-state index is 6.14. The second-order valence-electron chi connectivity index (χ2n) is 9.91. The molecule has 1 aromatic heterocycles. The van der Waals surface area contributed by atoms with Crippen molar-refractivity contribution in [3.63, 3.8) is 0 Å². The molecule has 0 aromatic carbocycles. The first-order valence-electron chi connectivity index (χ1n) is 10.9. The van der Waals surface area contributed by atoms with Crippen LogP contribution in [-0.4, -0.2) is 49.0 Å². The number of hydrogen-bond acceptors (Lipinski definition) is 5. The normalized spacial score (nSPS) is 23.4. The molecule has 6 heteroatoms. The van der Waals surface area contributed by atoms with Gasteiger partial charge in [-0.25, -0.2) is 4.98 Å². The third-order valence-corrected chi connectivity index (χ3v) is 7.08. The summed E-state index contributed by atoms with van der Waals surface area (Å²) in [6.07, 6.45) is 5.57. The molecule has 28 heavy (non-hydrogen) atoms. The van der Waals surface area contributed by atoms with Gasteiger partial charge in [-0.2, -0.15) is 0 Å². The Morgan fingerprint density at radius 3 is 2.18 bits per heavy atom. The van der Waals surface area contributed by atoms with Gasteiger partial charge in [-0.1, -0.05) is 26.8 Å². The maximum absolute atomic E-state index is 6.14. The fourth-order valence-electron chi connectivity index (χ4n) is 3.99. The van der Waals surface area contributed by atoms with E-state index in [-0.39, 0.29) is 18.3 Å². The zero-order chi connectivity index (χ0) is 20.6. The minimum atomic E-state index is -0.345. The molecular weight excluding hydrogens is 349 g/mol. The van der Waals surface area contributed by atoms with Crippen LogP contribution in [0.15, 0.2) is 18.3 Å². The van der Waals surface area contributed by atoms with Crippen LogP contribution in [0.25, 0.3) is 0 Å². The van der Waals surface area contributed by atoms with Gasteiger partial charge in [0.25, 0.3) is 0 Å². The molecule has 0 saturated carbocycles. The standard InChI is InChI=1S/C22H38BN3O2/c1-8-22(16-25-17(2)3)11-13-26(14-12-22)19-10-9-18(15-24-19)23-27-20(4,5)21(6,7)28-23/h9-10,15,17,25H,8,11-14,16H2,1-7H3.